The van der Waals surface area contributed by atoms with E-state index in [4.69, 9.17) is 33.2 Å². The van der Waals surface area contributed by atoms with Gasteiger partial charge in [-0.25, -0.2) is 0 Å². The fourth-order valence-corrected chi connectivity index (χ4v) is 2.50. The van der Waals surface area contributed by atoms with Gasteiger partial charge in [0.05, 0.1) is 0 Å². The summed E-state index contributed by atoms with van der Waals surface area (Å²) in [6.45, 7) is 2.23. The predicted molar refractivity (Wildman–Crippen MR) is 70.4 cm³/mol. The molecule has 0 aromatic heterocycles. The van der Waals surface area contributed by atoms with Crippen LogP contribution in [-0.4, -0.2) is 6.00 Å². The minimum atomic E-state index is -2.50. The van der Waals surface area contributed by atoms with Crippen LogP contribution in [0.2, 0.25) is 0 Å². The Morgan fingerprint density at radius 2 is 1.50 bits per heavy atom. The van der Waals surface area contributed by atoms with Crippen LogP contribution in [0.15, 0.2) is 11.8 Å². The quantitative estimate of drug-likeness (QED) is 0.312. The Morgan fingerprint density at radius 3 is 2.07 bits per heavy atom. The highest BCUT2D eigenvalue weighted by Crippen LogP contribution is 2.21. The fourth-order valence-electron chi connectivity index (χ4n) is 1.26. The zero-order valence-electron chi connectivity index (χ0n) is 8.74. The molecule has 0 aliphatic carbocycles. The molecule has 0 heterocycles. The second-order valence-electron chi connectivity index (χ2n) is 3.50. The van der Waals surface area contributed by atoms with Crippen LogP contribution in [0.5, 0.6) is 0 Å². The van der Waals surface area contributed by atoms with E-state index in [1.807, 2.05) is 6.08 Å². The van der Waals surface area contributed by atoms with E-state index < -0.39 is 6.00 Å². The largest absolute Gasteiger partial charge is 0.365 e. The van der Waals surface area contributed by atoms with E-state index in [1.165, 1.54) is 38.5 Å². The van der Waals surface area contributed by atoms with E-state index in [0.717, 1.165) is 6.42 Å². The zero-order chi connectivity index (χ0) is 10.9. The van der Waals surface area contributed by atoms with Crippen molar-refractivity contribution in [3.8, 4) is 0 Å². The van der Waals surface area contributed by atoms with Gasteiger partial charge in [-0.3, -0.25) is 0 Å². The van der Waals surface area contributed by atoms with Crippen LogP contribution in [0, 0.1) is 0 Å². The average Bonchev–Trinajstić information content (AvgIpc) is 2.08. The fraction of sp³-hybridized carbons (Fsp3) is 0.800. The maximum absolute atomic E-state index is 5.70. The van der Waals surface area contributed by atoms with Gasteiger partial charge in [0, 0.05) is 0 Å². The van der Waals surface area contributed by atoms with E-state index in [9.17, 15) is 0 Å². The van der Waals surface area contributed by atoms with Gasteiger partial charge in [-0.15, -0.1) is 33.2 Å². The van der Waals surface area contributed by atoms with Crippen LogP contribution in [0.3, 0.4) is 0 Å². The van der Waals surface area contributed by atoms with Gasteiger partial charge in [-0.1, -0.05) is 50.8 Å². The first kappa shape index (κ1) is 14.8. The molecule has 0 saturated carbocycles. The highest BCUT2D eigenvalue weighted by atomic mass is 35.8. The summed E-state index contributed by atoms with van der Waals surface area (Å²) in [5, 5.41) is 0. The smallest absolute Gasteiger partial charge is 0.121 e. The van der Waals surface area contributed by atoms with Gasteiger partial charge in [-0.2, -0.15) is 0 Å². The van der Waals surface area contributed by atoms with E-state index in [0.29, 0.717) is 0 Å². The summed E-state index contributed by atoms with van der Waals surface area (Å²) in [5.74, 6) is 0. The van der Waals surface area contributed by atoms with Crippen LogP contribution in [0.25, 0.3) is 0 Å². The minimum Gasteiger partial charge on any atom is -0.121 e. The van der Waals surface area contributed by atoms with Crippen molar-refractivity contribution in [2.75, 3.05) is 0 Å². The number of allylic oxidation sites excluding steroid dienone is 1. The van der Waals surface area contributed by atoms with E-state index >= 15 is 0 Å². The van der Waals surface area contributed by atoms with Crippen LogP contribution in [0.4, 0.5) is 0 Å². The maximum atomic E-state index is 5.70. The molecule has 0 spiro atoms. The monoisotopic (exact) mass is 272 g/mol. The molecule has 0 unspecified atom stereocenters. The Hall–Kier alpha value is 0.827. The normalized spacial score (nSPS) is 12.6. The van der Waals surface area contributed by atoms with Gasteiger partial charge >= 0.3 is 6.00 Å². The van der Waals surface area contributed by atoms with Crippen LogP contribution in [-0.2, 0) is 0 Å². The lowest BCUT2D eigenvalue weighted by Gasteiger charge is -1.99. The number of hydrogen-bond acceptors (Lipinski definition) is 0. The van der Waals surface area contributed by atoms with Gasteiger partial charge in [0.15, 0.2) is 0 Å². The number of unbranched alkanes of at least 4 members (excludes halogenated alkanes) is 6. The highest BCUT2D eigenvalue weighted by Gasteiger charge is 2.19. The van der Waals surface area contributed by atoms with Crippen molar-refractivity contribution in [3.63, 3.8) is 0 Å². The van der Waals surface area contributed by atoms with Gasteiger partial charge in [0.1, 0.15) is 0 Å². The van der Waals surface area contributed by atoms with Crippen molar-refractivity contribution in [1.29, 1.82) is 0 Å². The van der Waals surface area contributed by atoms with Crippen molar-refractivity contribution < 1.29 is 0 Å². The Morgan fingerprint density at radius 1 is 0.929 bits per heavy atom. The zero-order valence-corrected chi connectivity index (χ0v) is 12.0. The molecule has 0 bridgehead atoms. The van der Waals surface area contributed by atoms with Crippen LogP contribution < -0.4 is 0 Å². The molecule has 0 aliphatic rings. The Labute approximate surface area is 103 Å². The van der Waals surface area contributed by atoms with E-state index in [2.05, 4.69) is 6.92 Å². The van der Waals surface area contributed by atoms with Crippen molar-refractivity contribution in [2.24, 2.45) is 0 Å². The lowest BCUT2D eigenvalue weighted by Crippen LogP contribution is -2.02. The lowest BCUT2D eigenvalue weighted by atomic mass is 10.1. The molecule has 0 aliphatic heterocycles. The summed E-state index contributed by atoms with van der Waals surface area (Å²) in [4.78, 5) is 0. The van der Waals surface area contributed by atoms with Gasteiger partial charge in [-0.05, 0) is 12.8 Å². The van der Waals surface area contributed by atoms with Crippen LogP contribution in [0.1, 0.15) is 51.9 Å². The SMILES string of the molecule is CCCCCCCCC=C[Si](Cl)(Cl)Cl. The highest BCUT2D eigenvalue weighted by molar-refractivity contribution is 7.66. The lowest BCUT2D eigenvalue weighted by molar-refractivity contribution is 0.611. The van der Waals surface area contributed by atoms with E-state index in [-0.39, 0.29) is 0 Å². The first-order valence-corrected chi connectivity index (χ1v) is 10.4. The predicted octanol–water partition coefficient (Wildman–Crippen LogP) is 5.49. The van der Waals surface area contributed by atoms with Crippen molar-refractivity contribution >= 4 is 39.2 Å². The third-order valence-electron chi connectivity index (χ3n) is 2.03. The molecule has 0 radical (unpaired) electrons. The molecule has 0 fully saturated rings. The van der Waals surface area contributed by atoms with Gasteiger partial charge in [0.25, 0.3) is 0 Å². The summed E-state index contributed by atoms with van der Waals surface area (Å²) in [6, 6.07) is -2.50. The summed E-state index contributed by atoms with van der Waals surface area (Å²) in [7, 11) is 0. The standard InChI is InChI=1S/C10H19Cl3Si/c1-2-3-4-5-6-7-8-9-10-14(11,12)13/h9-10H,2-8H2,1H3. The van der Waals surface area contributed by atoms with Crippen molar-refractivity contribution in [3.05, 3.63) is 11.8 Å². The molecule has 0 rings (SSSR count). The Bertz CT molecular complexity index is 152. The molecule has 0 amide bonds. The Balaban J connectivity index is 3.17. The first-order chi connectivity index (χ1) is 6.56. The molecule has 0 aromatic carbocycles. The molecule has 4 heteroatoms. The molecule has 0 nitrogen and oxygen atoms in total. The first-order valence-electron chi connectivity index (χ1n) is 5.30. The molecule has 0 N–H and O–H groups in total. The molecule has 14 heavy (non-hydrogen) atoms. The van der Waals surface area contributed by atoms with Crippen molar-refractivity contribution in [2.45, 2.75) is 51.9 Å². The average molecular weight is 274 g/mol. The summed E-state index contributed by atoms with van der Waals surface area (Å²) in [6.07, 6.45) is 10.9. The third kappa shape index (κ3) is 12.8. The summed E-state index contributed by atoms with van der Waals surface area (Å²) >= 11 is 17.1. The second-order valence-corrected chi connectivity index (χ2v) is 12.0. The van der Waals surface area contributed by atoms with Gasteiger partial charge in [0.2, 0.25) is 0 Å². The number of hydrogen-bond donors (Lipinski definition) is 0. The molecular weight excluding hydrogens is 255 g/mol. The summed E-state index contributed by atoms with van der Waals surface area (Å²) < 4.78 is 0. The molecule has 0 saturated heterocycles. The van der Waals surface area contributed by atoms with Crippen LogP contribution >= 0.6 is 33.2 Å². The number of rotatable bonds is 8. The van der Waals surface area contributed by atoms with E-state index in [1.54, 1.807) is 5.70 Å². The maximum Gasteiger partial charge on any atom is 0.365 e. The van der Waals surface area contributed by atoms with Crippen molar-refractivity contribution in [1.82, 2.24) is 0 Å². The topological polar surface area (TPSA) is 0 Å². The second kappa shape index (κ2) is 9.08. The molecule has 0 atom stereocenters. The molecular formula is C10H19Cl3Si. The Kier molecular flexibility index (Phi) is 9.62. The third-order valence-corrected chi connectivity index (χ3v) is 3.78. The number of halogens is 3. The molecule has 84 valence electrons. The minimum absolute atomic E-state index is 1.05. The van der Waals surface area contributed by atoms with Gasteiger partial charge < -0.3 is 0 Å². The summed E-state index contributed by atoms with van der Waals surface area (Å²) in [5.41, 5.74) is 1.77. The molecule has 0 aromatic rings.